The van der Waals surface area contributed by atoms with E-state index < -0.39 is 12.1 Å². The Morgan fingerprint density at radius 3 is 3.00 bits per heavy atom. The first-order valence-corrected chi connectivity index (χ1v) is 7.35. The van der Waals surface area contributed by atoms with Gasteiger partial charge in [0.05, 0.1) is 11.4 Å². The topological polar surface area (TPSA) is 85.2 Å². The first-order valence-electron chi connectivity index (χ1n) is 5.15. The maximum absolute atomic E-state index is 9.33. The third-order valence-corrected chi connectivity index (χ3v) is 5.12. The Labute approximate surface area is 103 Å². The second-order valence-corrected chi connectivity index (χ2v) is 6.15. The Bertz CT molecular complexity index is 339. The molecule has 0 radical (unpaired) electrons. The van der Waals surface area contributed by atoms with Gasteiger partial charge in [0, 0.05) is 17.3 Å². The maximum Gasteiger partial charge on any atom is 0.246 e. The van der Waals surface area contributed by atoms with Crippen LogP contribution in [0.4, 0.5) is 0 Å². The molecule has 1 aromatic rings. The normalized spacial score (nSPS) is 25.3. The van der Waals surface area contributed by atoms with Crippen molar-refractivity contribution in [1.82, 2.24) is 10.1 Å². The van der Waals surface area contributed by atoms with E-state index in [1.54, 1.807) is 6.92 Å². The lowest BCUT2D eigenvalue weighted by Gasteiger charge is -2.17. The van der Waals surface area contributed by atoms with Crippen LogP contribution in [0.5, 0.6) is 0 Å². The molecule has 1 aliphatic rings. The van der Waals surface area contributed by atoms with Crippen LogP contribution in [0.1, 0.15) is 29.9 Å². The van der Waals surface area contributed by atoms with Gasteiger partial charge in [0.15, 0.2) is 5.82 Å². The van der Waals surface area contributed by atoms with Crippen molar-refractivity contribution in [3.8, 4) is 0 Å². The van der Waals surface area contributed by atoms with E-state index in [0.717, 1.165) is 11.5 Å². The van der Waals surface area contributed by atoms with Crippen molar-refractivity contribution in [2.75, 3.05) is 17.3 Å². The summed E-state index contributed by atoms with van der Waals surface area (Å²) in [6, 6.07) is -0.595. The molecule has 3 N–H and O–H groups in total. The van der Waals surface area contributed by atoms with Crippen LogP contribution in [-0.4, -0.2) is 38.6 Å². The highest BCUT2D eigenvalue weighted by Gasteiger charge is 2.25. The van der Waals surface area contributed by atoms with Gasteiger partial charge in [0.25, 0.3) is 0 Å². The van der Waals surface area contributed by atoms with E-state index in [1.165, 1.54) is 5.75 Å². The number of hydrogen-bond acceptors (Lipinski definition) is 7. The van der Waals surface area contributed by atoms with Crippen LogP contribution in [-0.2, 0) is 0 Å². The highest BCUT2D eigenvalue weighted by atomic mass is 32.2. The van der Waals surface area contributed by atoms with Crippen LogP contribution in [0, 0.1) is 0 Å². The zero-order valence-corrected chi connectivity index (χ0v) is 10.6. The van der Waals surface area contributed by atoms with Gasteiger partial charge in [-0.15, -0.1) is 11.8 Å². The molecular weight excluding hydrogens is 246 g/mol. The van der Waals surface area contributed by atoms with Crippen LogP contribution in [0.15, 0.2) is 4.52 Å². The van der Waals surface area contributed by atoms with Gasteiger partial charge in [-0.3, -0.25) is 0 Å². The molecule has 90 valence electrons. The Morgan fingerprint density at radius 1 is 1.56 bits per heavy atom. The van der Waals surface area contributed by atoms with Crippen LogP contribution in [0.2, 0.25) is 0 Å². The minimum absolute atomic E-state index is 0.289. The molecular formula is C9H15N3O2S2. The molecule has 3 atom stereocenters. The van der Waals surface area contributed by atoms with Gasteiger partial charge in [-0.1, -0.05) is 5.16 Å². The first kappa shape index (κ1) is 12.2. The zero-order chi connectivity index (χ0) is 11.5. The highest BCUT2D eigenvalue weighted by Crippen LogP contribution is 2.35. The van der Waals surface area contributed by atoms with E-state index in [0.29, 0.717) is 11.7 Å². The first-order chi connectivity index (χ1) is 7.68. The van der Waals surface area contributed by atoms with Gasteiger partial charge in [-0.2, -0.15) is 16.7 Å². The summed E-state index contributed by atoms with van der Waals surface area (Å²) in [5.74, 6) is 4.32. The molecule has 16 heavy (non-hydrogen) atoms. The minimum Gasteiger partial charge on any atom is -0.391 e. The van der Waals surface area contributed by atoms with Gasteiger partial charge < -0.3 is 15.4 Å². The third kappa shape index (κ3) is 2.71. The van der Waals surface area contributed by atoms with E-state index >= 15 is 0 Å². The number of hydrogen-bond donors (Lipinski definition) is 2. The second kappa shape index (κ2) is 5.39. The van der Waals surface area contributed by atoms with Crippen LogP contribution >= 0.6 is 23.5 Å². The Kier molecular flexibility index (Phi) is 4.12. The number of nitrogens with zero attached hydrogens (tertiary/aromatic N) is 2. The van der Waals surface area contributed by atoms with Crippen molar-refractivity contribution in [1.29, 1.82) is 0 Å². The van der Waals surface area contributed by atoms with E-state index in [4.69, 9.17) is 10.3 Å². The zero-order valence-electron chi connectivity index (χ0n) is 9.00. The second-order valence-electron chi connectivity index (χ2n) is 3.69. The molecule has 0 aromatic carbocycles. The van der Waals surface area contributed by atoms with Gasteiger partial charge in [-0.05, 0) is 6.92 Å². The van der Waals surface area contributed by atoms with Crippen molar-refractivity contribution < 1.29 is 9.63 Å². The average molecular weight is 261 g/mol. The quantitative estimate of drug-likeness (QED) is 0.838. The average Bonchev–Trinajstić information content (AvgIpc) is 2.78. The molecule has 1 fully saturated rings. The summed E-state index contributed by atoms with van der Waals surface area (Å²) in [7, 11) is 0. The van der Waals surface area contributed by atoms with Gasteiger partial charge in [0.1, 0.15) is 6.04 Å². The van der Waals surface area contributed by atoms with Gasteiger partial charge in [-0.25, -0.2) is 0 Å². The number of aliphatic hydroxyl groups excluding tert-OH is 1. The summed E-state index contributed by atoms with van der Waals surface area (Å²) in [6.45, 7) is 1.61. The third-order valence-electron chi connectivity index (χ3n) is 2.37. The van der Waals surface area contributed by atoms with E-state index in [2.05, 4.69) is 10.1 Å². The van der Waals surface area contributed by atoms with Gasteiger partial charge in [0.2, 0.25) is 5.89 Å². The molecule has 0 amide bonds. The summed E-state index contributed by atoms with van der Waals surface area (Å²) in [4.78, 5) is 4.26. The van der Waals surface area contributed by atoms with Crippen molar-refractivity contribution in [3.05, 3.63) is 11.7 Å². The molecule has 0 bridgehead atoms. The fourth-order valence-corrected chi connectivity index (χ4v) is 3.95. The molecule has 1 saturated heterocycles. The van der Waals surface area contributed by atoms with Crippen LogP contribution in [0.25, 0.3) is 0 Å². The molecule has 0 saturated carbocycles. The lowest BCUT2D eigenvalue weighted by Crippen LogP contribution is -2.23. The Hall–Kier alpha value is -0.240. The predicted octanol–water partition coefficient (Wildman–Crippen LogP) is 0.971. The van der Waals surface area contributed by atoms with Crippen LogP contribution in [0.3, 0.4) is 0 Å². The van der Waals surface area contributed by atoms with Gasteiger partial charge >= 0.3 is 0 Å². The lowest BCUT2D eigenvalue weighted by atomic mass is 10.2. The summed E-state index contributed by atoms with van der Waals surface area (Å²) >= 11 is 3.74. The monoisotopic (exact) mass is 261 g/mol. The largest absolute Gasteiger partial charge is 0.391 e. The molecule has 2 heterocycles. The molecule has 3 unspecified atom stereocenters. The standard InChI is InChI=1S/C9H15N3O2S2/c1-5(13)7(10)9-11-8(12-14-9)6-4-15-2-3-16-6/h5-7,13H,2-4,10H2,1H3. The molecule has 7 heteroatoms. The summed E-state index contributed by atoms with van der Waals surface area (Å²) < 4.78 is 5.07. The van der Waals surface area contributed by atoms with Crippen LogP contribution < -0.4 is 5.73 Å². The molecule has 0 spiro atoms. The molecule has 5 nitrogen and oxygen atoms in total. The predicted molar refractivity (Wildman–Crippen MR) is 65.4 cm³/mol. The molecule has 0 aliphatic carbocycles. The maximum atomic E-state index is 9.33. The van der Waals surface area contributed by atoms with Crippen molar-refractivity contribution in [2.45, 2.75) is 24.3 Å². The smallest absolute Gasteiger partial charge is 0.246 e. The lowest BCUT2D eigenvalue weighted by molar-refractivity contribution is 0.146. The molecule has 2 rings (SSSR count). The number of aromatic nitrogens is 2. The van der Waals surface area contributed by atoms with E-state index in [1.807, 2.05) is 23.5 Å². The van der Waals surface area contributed by atoms with E-state index in [9.17, 15) is 5.11 Å². The summed E-state index contributed by atoms with van der Waals surface area (Å²) in [6.07, 6.45) is -0.679. The van der Waals surface area contributed by atoms with Crippen molar-refractivity contribution in [2.24, 2.45) is 5.73 Å². The number of nitrogens with two attached hydrogens (primary N) is 1. The number of rotatable bonds is 3. The SMILES string of the molecule is CC(O)C(N)c1nc(C2CSCCS2)no1. The molecule has 1 aromatic heterocycles. The minimum atomic E-state index is -0.679. The summed E-state index contributed by atoms with van der Waals surface area (Å²) in [5.41, 5.74) is 5.72. The van der Waals surface area contributed by atoms with E-state index in [-0.39, 0.29) is 5.25 Å². The fourth-order valence-electron chi connectivity index (χ4n) is 1.36. The Balaban J connectivity index is 2.06. The number of aliphatic hydroxyl groups is 1. The fraction of sp³-hybridized carbons (Fsp3) is 0.778. The highest BCUT2D eigenvalue weighted by molar-refractivity contribution is 8.06. The molecule has 1 aliphatic heterocycles. The van der Waals surface area contributed by atoms with Crippen molar-refractivity contribution >= 4 is 23.5 Å². The Morgan fingerprint density at radius 2 is 2.38 bits per heavy atom. The van der Waals surface area contributed by atoms with Crippen molar-refractivity contribution in [3.63, 3.8) is 0 Å². The summed E-state index contributed by atoms with van der Waals surface area (Å²) in [5, 5.41) is 13.6. The number of thioether (sulfide) groups is 2.